The van der Waals surface area contributed by atoms with E-state index in [-0.39, 0.29) is 12.2 Å². The van der Waals surface area contributed by atoms with Crippen molar-refractivity contribution in [3.63, 3.8) is 0 Å². The lowest BCUT2D eigenvalue weighted by molar-refractivity contribution is 0.0529. The quantitative estimate of drug-likeness (QED) is 0.737. The first-order chi connectivity index (χ1) is 7.65. The van der Waals surface area contributed by atoms with E-state index in [1.807, 2.05) is 0 Å². The molecule has 2 rings (SSSR count). The number of rotatable bonds is 2. The van der Waals surface area contributed by atoms with Crippen LogP contribution >= 0.6 is 11.3 Å². The van der Waals surface area contributed by atoms with Gasteiger partial charge in [-0.25, -0.2) is 9.78 Å². The Balaban J connectivity index is 2.68. The molecule has 0 aliphatic heterocycles. The monoisotopic (exact) mass is 238 g/mol. The van der Waals surface area contributed by atoms with Gasteiger partial charge in [0.25, 0.3) is 5.56 Å². The van der Waals surface area contributed by atoms with Crippen LogP contribution in [0.4, 0.5) is 0 Å². The Kier molecular flexibility index (Phi) is 2.74. The van der Waals surface area contributed by atoms with Crippen LogP contribution in [0, 0.1) is 0 Å². The van der Waals surface area contributed by atoms with Gasteiger partial charge in [-0.15, -0.1) is 11.3 Å². The molecule has 0 fully saturated rings. The predicted molar refractivity (Wildman–Crippen MR) is 60.8 cm³/mol. The van der Waals surface area contributed by atoms with Crippen molar-refractivity contribution in [1.82, 2.24) is 9.55 Å². The molecule has 0 saturated carbocycles. The molecule has 0 radical (unpaired) electrons. The maximum absolute atomic E-state index is 11.8. The summed E-state index contributed by atoms with van der Waals surface area (Å²) < 4.78 is 6.23. The SMILES string of the molecule is CCOC(=O)c1csc2ncn(C)c(=O)c12. The fourth-order valence-electron chi connectivity index (χ4n) is 1.38. The maximum atomic E-state index is 11.8. The molecule has 0 amide bonds. The Morgan fingerprint density at radius 3 is 3.06 bits per heavy atom. The standard InChI is InChI=1S/C10H10N2O3S/c1-3-15-10(14)6-4-16-8-7(6)9(13)12(2)5-11-8/h4-5H,3H2,1-2H3. The van der Waals surface area contributed by atoms with Gasteiger partial charge >= 0.3 is 5.97 Å². The molecule has 0 spiro atoms. The third-order valence-electron chi connectivity index (χ3n) is 2.15. The number of ether oxygens (including phenoxy) is 1. The summed E-state index contributed by atoms with van der Waals surface area (Å²) >= 11 is 1.27. The number of hydrogen-bond donors (Lipinski definition) is 0. The molecule has 0 atom stereocenters. The first-order valence-electron chi connectivity index (χ1n) is 4.75. The molecule has 2 aromatic heterocycles. The number of aryl methyl sites for hydroxylation is 1. The van der Waals surface area contributed by atoms with Crippen LogP contribution in [0.1, 0.15) is 17.3 Å². The second kappa shape index (κ2) is 4.05. The number of esters is 1. The van der Waals surface area contributed by atoms with Crippen LogP contribution in [-0.2, 0) is 11.8 Å². The van der Waals surface area contributed by atoms with Crippen molar-refractivity contribution in [2.75, 3.05) is 6.61 Å². The molecular formula is C10H10N2O3S. The Labute approximate surface area is 95.3 Å². The summed E-state index contributed by atoms with van der Waals surface area (Å²) in [6.07, 6.45) is 1.44. The molecule has 0 saturated heterocycles. The highest BCUT2D eigenvalue weighted by molar-refractivity contribution is 7.17. The summed E-state index contributed by atoms with van der Waals surface area (Å²) in [7, 11) is 1.60. The fourth-order valence-corrected chi connectivity index (χ4v) is 2.24. The highest BCUT2D eigenvalue weighted by Gasteiger charge is 2.17. The van der Waals surface area contributed by atoms with Gasteiger partial charge in [0.1, 0.15) is 4.83 Å². The van der Waals surface area contributed by atoms with E-state index < -0.39 is 5.97 Å². The van der Waals surface area contributed by atoms with Crippen LogP contribution in [0.2, 0.25) is 0 Å². The summed E-state index contributed by atoms with van der Waals surface area (Å²) in [5.74, 6) is -0.473. The summed E-state index contributed by atoms with van der Waals surface area (Å²) in [4.78, 5) is 28.1. The topological polar surface area (TPSA) is 61.2 Å². The molecule has 0 N–H and O–H groups in total. The Hall–Kier alpha value is -1.69. The van der Waals surface area contributed by atoms with Crippen LogP contribution in [0.15, 0.2) is 16.5 Å². The highest BCUT2D eigenvalue weighted by atomic mass is 32.1. The van der Waals surface area contributed by atoms with E-state index in [9.17, 15) is 9.59 Å². The van der Waals surface area contributed by atoms with Gasteiger partial charge in [-0.1, -0.05) is 0 Å². The molecule has 0 aliphatic carbocycles. The summed E-state index contributed by atoms with van der Waals surface area (Å²) in [5.41, 5.74) is 0.0739. The van der Waals surface area contributed by atoms with Gasteiger partial charge in [0, 0.05) is 12.4 Å². The van der Waals surface area contributed by atoms with E-state index in [1.165, 1.54) is 22.2 Å². The van der Waals surface area contributed by atoms with Gasteiger partial charge in [-0.2, -0.15) is 0 Å². The molecule has 16 heavy (non-hydrogen) atoms. The molecule has 0 unspecified atom stereocenters. The number of nitrogens with zero attached hydrogens (tertiary/aromatic N) is 2. The van der Waals surface area contributed by atoms with Crippen molar-refractivity contribution in [3.05, 3.63) is 27.6 Å². The number of carbonyl (C=O) groups excluding carboxylic acids is 1. The normalized spacial score (nSPS) is 10.6. The molecule has 5 nitrogen and oxygen atoms in total. The molecule has 6 heteroatoms. The lowest BCUT2D eigenvalue weighted by Gasteiger charge is -2.00. The van der Waals surface area contributed by atoms with Crippen molar-refractivity contribution < 1.29 is 9.53 Å². The third kappa shape index (κ3) is 1.61. The number of hydrogen-bond acceptors (Lipinski definition) is 5. The van der Waals surface area contributed by atoms with Crippen LogP contribution in [0.3, 0.4) is 0 Å². The van der Waals surface area contributed by atoms with E-state index in [1.54, 1.807) is 19.4 Å². The zero-order valence-electron chi connectivity index (χ0n) is 8.89. The molecule has 84 valence electrons. The van der Waals surface area contributed by atoms with Crippen molar-refractivity contribution in [2.45, 2.75) is 6.92 Å². The summed E-state index contributed by atoms with van der Waals surface area (Å²) in [6.45, 7) is 2.01. The first-order valence-corrected chi connectivity index (χ1v) is 5.63. The third-order valence-corrected chi connectivity index (χ3v) is 3.04. The first kappa shape index (κ1) is 10.8. The summed E-state index contributed by atoms with van der Waals surface area (Å²) in [5, 5.41) is 1.95. The minimum atomic E-state index is -0.473. The molecule has 0 bridgehead atoms. The Morgan fingerprint density at radius 1 is 1.62 bits per heavy atom. The van der Waals surface area contributed by atoms with Gasteiger partial charge in [0.05, 0.1) is 23.9 Å². The Morgan fingerprint density at radius 2 is 2.38 bits per heavy atom. The molecule has 2 heterocycles. The van der Waals surface area contributed by atoms with E-state index in [4.69, 9.17) is 4.74 Å². The number of thiophene rings is 1. The second-order valence-corrected chi connectivity index (χ2v) is 4.07. The Bertz CT molecular complexity index is 600. The van der Waals surface area contributed by atoms with Gasteiger partial charge < -0.3 is 9.30 Å². The zero-order chi connectivity index (χ0) is 11.7. The van der Waals surface area contributed by atoms with E-state index in [0.29, 0.717) is 15.8 Å². The van der Waals surface area contributed by atoms with Gasteiger partial charge in [-0.3, -0.25) is 4.79 Å². The van der Waals surface area contributed by atoms with Gasteiger partial charge in [0.2, 0.25) is 0 Å². The van der Waals surface area contributed by atoms with Crippen molar-refractivity contribution in [1.29, 1.82) is 0 Å². The lowest BCUT2D eigenvalue weighted by Crippen LogP contribution is -2.18. The average Bonchev–Trinajstić information content (AvgIpc) is 2.68. The number of fused-ring (bicyclic) bond motifs is 1. The molecular weight excluding hydrogens is 228 g/mol. The van der Waals surface area contributed by atoms with Crippen molar-refractivity contribution in [2.24, 2.45) is 7.05 Å². The lowest BCUT2D eigenvalue weighted by atomic mass is 10.2. The predicted octanol–water partition coefficient (Wildman–Crippen LogP) is 1.17. The smallest absolute Gasteiger partial charge is 0.339 e. The van der Waals surface area contributed by atoms with E-state index in [2.05, 4.69) is 4.98 Å². The number of aromatic nitrogens is 2. The summed E-state index contributed by atoms with van der Waals surface area (Å²) in [6, 6.07) is 0. The number of carbonyl (C=O) groups is 1. The molecule has 0 aliphatic rings. The minimum absolute atomic E-state index is 0.227. The highest BCUT2D eigenvalue weighted by Crippen LogP contribution is 2.21. The van der Waals surface area contributed by atoms with Gasteiger partial charge in [-0.05, 0) is 6.92 Å². The molecule has 0 aromatic carbocycles. The second-order valence-electron chi connectivity index (χ2n) is 3.21. The van der Waals surface area contributed by atoms with Gasteiger partial charge in [0.15, 0.2) is 0 Å². The van der Waals surface area contributed by atoms with Crippen LogP contribution in [0.5, 0.6) is 0 Å². The largest absolute Gasteiger partial charge is 0.462 e. The fraction of sp³-hybridized carbons (Fsp3) is 0.300. The minimum Gasteiger partial charge on any atom is -0.462 e. The zero-order valence-corrected chi connectivity index (χ0v) is 9.71. The maximum Gasteiger partial charge on any atom is 0.339 e. The van der Waals surface area contributed by atoms with Crippen LogP contribution in [0.25, 0.3) is 10.2 Å². The molecule has 2 aromatic rings. The van der Waals surface area contributed by atoms with Crippen LogP contribution in [-0.4, -0.2) is 22.1 Å². The average molecular weight is 238 g/mol. The van der Waals surface area contributed by atoms with E-state index >= 15 is 0 Å². The van der Waals surface area contributed by atoms with Crippen LogP contribution < -0.4 is 5.56 Å². The van der Waals surface area contributed by atoms with Crippen molar-refractivity contribution >= 4 is 27.5 Å². The van der Waals surface area contributed by atoms with E-state index in [0.717, 1.165) is 0 Å². The van der Waals surface area contributed by atoms with Crippen molar-refractivity contribution in [3.8, 4) is 0 Å².